The second-order valence-electron chi connectivity index (χ2n) is 6.53. The number of hydrogen-bond donors (Lipinski definition) is 1. The van der Waals surface area contributed by atoms with Crippen LogP contribution in [0.15, 0.2) is 23.6 Å². The van der Waals surface area contributed by atoms with Gasteiger partial charge in [0.1, 0.15) is 6.04 Å². The number of nitrogens with one attached hydrogen (secondary N) is 1. The first-order chi connectivity index (χ1) is 11.1. The Labute approximate surface area is 141 Å². The summed E-state index contributed by atoms with van der Waals surface area (Å²) in [7, 11) is 0. The number of rotatable bonds is 5. The van der Waals surface area contributed by atoms with Gasteiger partial charge in [-0.05, 0) is 35.8 Å². The number of thiophene rings is 1. The van der Waals surface area contributed by atoms with Crippen LogP contribution in [-0.2, 0) is 9.59 Å². The molecule has 3 rings (SSSR count). The van der Waals surface area contributed by atoms with E-state index in [4.69, 9.17) is 0 Å². The monoisotopic (exact) mass is 332 g/mol. The number of hydrogen-bond acceptors (Lipinski definition) is 3. The molecule has 1 atom stereocenters. The van der Waals surface area contributed by atoms with Crippen LogP contribution >= 0.6 is 11.3 Å². The second-order valence-corrected chi connectivity index (χ2v) is 7.47. The smallest absolute Gasteiger partial charge is 0.245 e. The van der Waals surface area contributed by atoms with E-state index in [1.807, 2.05) is 4.90 Å². The molecule has 1 aromatic heterocycles. The van der Waals surface area contributed by atoms with Gasteiger partial charge < -0.3 is 10.2 Å². The van der Waals surface area contributed by atoms with E-state index < -0.39 is 0 Å². The van der Waals surface area contributed by atoms with Gasteiger partial charge in [0.25, 0.3) is 0 Å². The van der Waals surface area contributed by atoms with E-state index >= 15 is 0 Å². The summed E-state index contributed by atoms with van der Waals surface area (Å²) in [4.78, 5) is 27.4. The van der Waals surface area contributed by atoms with Crippen molar-refractivity contribution in [2.75, 3.05) is 13.1 Å². The molecule has 1 saturated carbocycles. The van der Waals surface area contributed by atoms with Crippen LogP contribution in [0.2, 0.25) is 0 Å². The lowest BCUT2D eigenvalue weighted by atomic mass is 9.80. The second kappa shape index (κ2) is 7.30. The highest BCUT2D eigenvalue weighted by Gasteiger charge is 2.30. The Kier molecular flexibility index (Phi) is 5.16. The summed E-state index contributed by atoms with van der Waals surface area (Å²) in [5.74, 6) is 0.556. The molecule has 1 aliphatic heterocycles. The van der Waals surface area contributed by atoms with Crippen LogP contribution in [0.25, 0.3) is 5.57 Å². The Bertz CT molecular complexity index is 590. The van der Waals surface area contributed by atoms with Crippen LogP contribution in [0.3, 0.4) is 0 Å². The summed E-state index contributed by atoms with van der Waals surface area (Å²) in [6.45, 7) is 2.88. The zero-order valence-electron chi connectivity index (χ0n) is 13.6. The third-order valence-corrected chi connectivity index (χ3v) is 5.77. The van der Waals surface area contributed by atoms with Crippen LogP contribution in [0.1, 0.15) is 43.9 Å². The van der Waals surface area contributed by atoms with Crippen molar-refractivity contribution in [1.29, 1.82) is 0 Å². The molecule has 0 saturated heterocycles. The van der Waals surface area contributed by atoms with Crippen molar-refractivity contribution < 1.29 is 9.59 Å². The molecule has 4 nitrogen and oxygen atoms in total. The van der Waals surface area contributed by atoms with E-state index in [1.165, 1.54) is 36.6 Å². The fourth-order valence-electron chi connectivity index (χ4n) is 3.30. The van der Waals surface area contributed by atoms with Gasteiger partial charge in [-0.25, -0.2) is 0 Å². The molecule has 0 radical (unpaired) electrons. The Morgan fingerprint density at radius 2 is 2.26 bits per heavy atom. The molecule has 2 aliphatic rings. The molecule has 23 heavy (non-hydrogen) atoms. The van der Waals surface area contributed by atoms with E-state index in [0.717, 1.165) is 19.4 Å². The van der Waals surface area contributed by atoms with Crippen LogP contribution in [0, 0.1) is 5.92 Å². The molecule has 1 aromatic rings. The van der Waals surface area contributed by atoms with Gasteiger partial charge in [-0.3, -0.25) is 9.59 Å². The Balaban J connectivity index is 1.62. The molecule has 2 heterocycles. The van der Waals surface area contributed by atoms with Crippen molar-refractivity contribution in [3.63, 3.8) is 0 Å². The fraction of sp³-hybridized carbons (Fsp3) is 0.556. The minimum absolute atomic E-state index is 0.0774. The molecular formula is C18H24N2O2S. The van der Waals surface area contributed by atoms with Gasteiger partial charge in [0.15, 0.2) is 0 Å². The highest BCUT2D eigenvalue weighted by Crippen LogP contribution is 2.31. The van der Waals surface area contributed by atoms with E-state index in [9.17, 15) is 9.59 Å². The molecule has 0 aromatic carbocycles. The van der Waals surface area contributed by atoms with Gasteiger partial charge in [0.05, 0.1) is 0 Å². The predicted octanol–water partition coefficient (Wildman–Crippen LogP) is 3.06. The Hall–Kier alpha value is -1.62. The first kappa shape index (κ1) is 16.2. The minimum atomic E-state index is -0.352. The van der Waals surface area contributed by atoms with Gasteiger partial charge in [-0.1, -0.05) is 31.4 Å². The zero-order valence-corrected chi connectivity index (χ0v) is 14.4. The maximum absolute atomic E-state index is 12.8. The van der Waals surface area contributed by atoms with E-state index in [-0.39, 0.29) is 17.9 Å². The highest BCUT2D eigenvalue weighted by atomic mass is 32.1. The average Bonchev–Trinajstić information content (AvgIpc) is 3.03. The topological polar surface area (TPSA) is 49.4 Å². The summed E-state index contributed by atoms with van der Waals surface area (Å²) in [5.41, 5.74) is 1.33. The van der Waals surface area contributed by atoms with Gasteiger partial charge >= 0.3 is 0 Å². The van der Waals surface area contributed by atoms with Crippen LogP contribution in [0.5, 0.6) is 0 Å². The van der Waals surface area contributed by atoms with Gasteiger partial charge in [-0.2, -0.15) is 0 Å². The molecular weight excluding hydrogens is 308 g/mol. The summed E-state index contributed by atoms with van der Waals surface area (Å²) in [5, 5.41) is 4.95. The Morgan fingerprint density at radius 3 is 2.78 bits per heavy atom. The van der Waals surface area contributed by atoms with Crippen molar-refractivity contribution in [2.45, 2.75) is 45.1 Å². The van der Waals surface area contributed by atoms with Gasteiger partial charge in [-0.15, -0.1) is 11.3 Å². The highest BCUT2D eigenvalue weighted by molar-refractivity contribution is 7.11. The van der Waals surface area contributed by atoms with Crippen molar-refractivity contribution in [3.05, 3.63) is 28.5 Å². The molecule has 1 aliphatic carbocycles. The van der Waals surface area contributed by atoms with Crippen molar-refractivity contribution in [1.82, 2.24) is 10.2 Å². The molecule has 124 valence electrons. The summed E-state index contributed by atoms with van der Waals surface area (Å²) in [6.07, 6.45) is 7.46. The third-order valence-electron chi connectivity index (χ3n) is 4.83. The van der Waals surface area contributed by atoms with Gasteiger partial charge in [0, 0.05) is 24.9 Å². The van der Waals surface area contributed by atoms with Crippen molar-refractivity contribution >= 4 is 28.7 Å². The summed E-state index contributed by atoms with van der Waals surface area (Å²) < 4.78 is 0. The summed E-state index contributed by atoms with van der Waals surface area (Å²) >= 11 is 1.74. The lowest BCUT2D eigenvalue weighted by molar-refractivity contribution is -0.136. The van der Waals surface area contributed by atoms with E-state index in [2.05, 4.69) is 28.9 Å². The molecule has 0 spiro atoms. The number of carbonyl (C=O) groups excluding carboxylic acids is 2. The number of carbonyl (C=O) groups is 2. The first-order valence-corrected chi connectivity index (χ1v) is 9.30. The SMILES string of the molecule is CC(=O)N[C@H](CC1CCC1)C(=O)N1CC=C(c2cccs2)CC1. The summed E-state index contributed by atoms with van der Waals surface area (Å²) in [6, 6.07) is 3.84. The van der Waals surface area contributed by atoms with Crippen LogP contribution in [0.4, 0.5) is 0 Å². The maximum atomic E-state index is 12.8. The van der Waals surface area contributed by atoms with Gasteiger partial charge in [0.2, 0.25) is 11.8 Å². The molecule has 2 amide bonds. The third kappa shape index (κ3) is 4.02. The lowest BCUT2D eigenvalue weighted by Crippen LogP contribution is -2.50. The fourth-order valence-corrected chi connectivity index (χ4v) is 4.10. The van der Waals surface area contributed by atoms with Crippen LogP contribution in [-0.4, -0.2) is 35.8 Å². The standard InChI is InChI=1S/C18H24N2O2S/c1-13(21)19-16(12-14-4-2-5-14)18(22)20-9-7-15(8-10-20)17-6-3-11-23-17/h3,6-7,11,14,16H,2,4-5,8-10,12H2,1H3,(H,19,21)/t16-/m1/s1. The predicted molar refractivity (Wildman–Crippen MR) is 93.1 cm³/mol. The molecule has 5 heteroatoms. The minimum Gasteiger partial charge on any atom is -0.345 e. The lowest BCUT2D eigenvalue weighted by Gasteiger charge is -2.33. The molecule has 0 bridgehead atoms. The van der Waals surface area contributed by atoms with Crippen molar-refractivity contribution in [2.24, 2.45) is 5.92 Å². The number of nitrogens with zero attached hydrogens (tertiary/aromatic N) is 1. The van der Waals surface area contributed by atoms with E-state index in [0.29, 0.717) is 12.5 Å². The molecule has 0 unspecified atom stereocenters. The molecule has 1 fully saturated rings. The maximum Gasteiger partial charge on any atom is 0.245 e. The largest absolute Gasteiger partial charge is 0.345 e. The van der Waals surface area contributed by atoms with Crippen LogP contribution < -0.4 is 5.32 Å². The normalized spacial score (nSPS) is 19.7. The molecule has 1 N–H and O–H groups in total. The Morgan fingerprint density at radius 1 is 1.43 bits per heavy atom. The van der Waals surface area contributed by atoms with Crippen molar-refractivity contribution in [3.8, 4) is 0 Å². The zero-order chi connectivity index (χ0) is 16.2. The average molecular weight is 332 g/mol. The van der Waals surface area contributed by atoms with E-state index in [1.54, 1.807) is 11.3 Å². The first-order valence-electron chi connectivity index (χ1n) is 8.42. The quantitative estimate of drug-likeness (QED) is 0.901. The number of amides is 2.